The van der Waals surface area contributed by atoms with Gasteiger partial charge in [-0.1, -0.05) is 0 Å². The van der Waals surface area contributed by atoms with Gasteiger partial charge in [0.15, 0.2) is 0 Å². The van der Waals surface area contributed by atoms with Crippen molar-refractivity contribution in [2.75, 3.05) is 26.2 Å². The zero-order chi connectivity index (χ0) is 30.3. The van der Waals surface area contributed by atoms with Gasteiger partial charge >= 0.3 is 0 Å². The standard InChI is InChI=1S/C24H23N5O3.C6H11NO.C2H4/c1-24(2,31)22-14-26-21(13-27-22)20-11-15-10-16(4-6-18(15)28-20)32-17-5-7-19(25-12-17)23(30)29-8-3-9-29;1-6(8)7-4-2-3-5-7;1-2/h4-7,10-14,28,31H,3,8-9H2,1-2H3;2-5H2,1H3;1-2H2. The molecule has 2 aliphatic heterocycles. The Hall–Kier alpha value is -4.57. The van der Waals surface area contributed by atoms with Crippen LogP contribution in [0.2, 0.25) is 0 Å². The maximum absolute atomic E-state index is 12.2. The van der Waals surface area contributed by atoms with Crippen LogP contribution in [0.25, 0.3) is 22.3 Å². The number of fused-ring (bicyclic) bond motifs is 1. The third kappa shape index (κ3) is 7.38. The molecule has 220 valence electrons. The number of carbonyl (C=O) groups excluding carboxylic acids is 2. The molecule has 0 unspecified atom stereocenters. The molecule has 2 aliphatic rings. The summed E-state index contributed by atoms with van der Waals surface area (Å²) in [6.07, 6.45) is 8.23. The summed E-state index contributed by atoms with van der Waals surface area (Å²) >= 11 is 0. The fourth-order valence-corrected chi connectivity index (χ4v) is 4.51. The first kappa shape index (κ1) is 30.4. The van der Waals surface area contributed by atoms with E-state index in [9.17, 15) is 14.7 Å². The van der Waals surface area contributed by atoms with Crippen molar-refractivity contribution in [2.45, 2.75) is 45.6 Å². The number of hydrogen-bond acceptors (Lipinski definition) is 7. The van der Waals surface area contributed by atoms with E-state index in [0.29, 0.717) is 28.6 Å². The topological polar surface area (TPSA) is 125 Å². The van der Waals surface area contributed by atoms with Crippen LogP contribution in [-0.4, -0.2) is 72.8 Å². The molecule has 10 nitrogen and oxygen atoms in total. The zero-order valence-electron chi connectivity index (χ0n) is 24.5. The molecular formula is C32H38N6O4. The molecule has 0 spiro atoms. The first-order valence-electron chi connectivity index (χ1n) is 14.0. The lowest BCUT2D eigenvalue weighted by molar-refractivity contribution is -0.127. The van der Waals surface area contributed by atoms with Gasteiger partial charge in [0.05, 0.1) is 30.0 Å². The van der Waals surface area contributed by atoms with E-state index in [4.69, 9.17) is 4.74 Å². The van der Waals surface area contributed by atoms with Crippen LogP contribution in [0.1, 0.15) is 56.2 Å². The minimum absolute atomic E-state index is 0.0391. The third-order valence-corrected chi connectivity index (χ3v) is 7.03. The van der Waals surface area contributed by atoms with Gasteiger partial charge in [0.25, 0.3) is 5.91 Å². The maximum atomic E-state index is 12.2. The number of nitrogens with zero attached hydrogens (tertiary/aromatic N) is 5. The molecule has 0 atom stereocenters. The molecular weight excluding hydrogens is 532 g/mol. The lowest BCUT2D eigenvalue weighted by Crippen LogP contribution is -2.42. The van der Waals surface area contributed by atoms with Crippen molar-refractivity contribution in [2.24, 2.45) is 0 Å². The van der Waals surface area contributed by atoms with E-state index in [0.717, 1.165) is 49.2 Å². The van der Waals surface area contributed by atoms with Crippen LogP contribution < -0.4 is 4.74 Å². The minimum atomic E-state index is -1.03. The van der Waals surface area contributed by atoms with Crippen LogP contribution in [0.3, 0.4) is 0 Å². The molecule has 0 radical (unpaired) electrons. The fourth-order valence-electron chi connectivity index (χ4n) is 4.51. The maximum Gasteiger partial charge on any atom is 0.272 e. The summed E-state index contributed by atoms with van der Waals surface area (Å²) in [6, 6.07) is 11.1. The molecule has 2 amide bonds. The second-order valence-electron chi connectivity index (χ2n) is 10.6. The van der Waals surface area contributed by atoms with Crippen LogP contribution in [-0.2, 0) is 10.4 Å². The van der Waals surface area contributed by atoms with Gasteiger partial charge in [-0.15, -0.1) is 13.2 Å². The Morgan fingerprint density at radius 2 is 1.57 bits per heavy atom. The monoisotopic (exact) mass is 570 g/mol. The number of aromatic amines is 1. The van der Waals surface area contributed by atoms with Crippen LogP contribution in [0.15, 0.2) is 68.1 Å². The molecule has 2 N–H and O–H groups in total. The molecule has 5 heterocycles. The van der Waals surface area contributed by atoms with Gasteiger partial charge in [0.2, 0.25) is 5.91 Å². The number of ether oxygens (including phenoxy) is 1. The number of aliphatic hydroxyl groups is 1. The Balaban J connectivity index is 0.000000347. The van der Waals surface area contributed by atoms with Gasteiger partial charge < -0.3 is 24.6 Å². The molecule has 6 rings (SSSR count). The normalized spacial score (nSPS) is 14.3. The number of amides is 2. The highest BCUT2D eigenvalue weighted by molar-refractivity contribution is 5.92. The van der Waals surface area contributed by atoms with Crippen molar-refractivity contribution >= 4 is 22.7 Å². The van der Waals surface area contributed by atoms with Crippen molar-refractivity contribution in [1.29, 1.82) is 0 Å². The summed E-state index contributed by atoms with van der Waals surface area (Å²) in [5.41, 5.74) is 2.35. The molecule has 0 bridgehead atoms. The molecule has 10 heteroatoms. The molecule has 2 saturated heterocycles. The first-order valence-corrected chi connectivity index (χ1v) is 14.0. The van der Waals surface area contributed by atoms with Crippen molar-refractivity contribution in [1.82, 2.24) is 29.7 Å². The summed E-state index contributed by atoms with van der Waals surface area (Å²) in [7, 11) is 0. The van der Waals surface area contributed by atoms with Crippen LogP contribution in [0.4, 0.5) is 0 Å². The molecule has 42 heavy (non-hydrogen) atoms. The Labute approximate surface area is 246 Å². The van der Waals surface area contributed by atoms with E-state index in [1.165, 1.54) is 12.8 Å². The third-order valence-electron chi connectivity index (χ3n) is 7.03. The van der Waals surface area contributed by atoms with E-state index >= 15 is 0 Å². The molecule has 1 aromatic carbocycles. The Bertz CT molecular complexity index is 1500. The lowest BCUT2D eigenvalue weighted by Gasteiger charge is -2.30. The Kier molecular flexibility index (Phi) is 9.69. The Morgan fingerprint density at radius 3 is 2.10 bits per heavy atom. The molecule has 0 saturated carbocycles. The van der Waals surface area contributed by atoms with Crippen LogP contribution >= 0.6 is 0 Å². The highest BCUT2D eigenvalue weighted by Crippen LogP contribution is 2.29. The van der Waals surface area contributed by atoms with Gasteiger partial charge in [-0.3, -0.25) is 19.6 Å². The number of pyridine rings is 1. The molecule has 3 aromatic heterocycles. The predicted octanol–water partition coefficient (Wildman–Crippen LogP) is 5.32. The molecule has 2 fully saturated rings. The number of rotatable bonds is 5. The second kappa shape index (κ2) is 13.4. The van der Waals surface area contributed by atoms with Crippen molar-refractivity contribution in [3.63, 3.8) is 0 Å². The van der Waals surface area contributed by atoms with Gasteiger partial charge in [0, 0.05) is 44.0 Å². The highest BCUT2D eigenvalue weighted by atomic mass is 16.5. The smallest absolute Gasteiger partial charge is 0.272 e. The summed E-state index contributed by atoms with van der Waals surface area (Å²) in [5.74, 6) is 1.41. The average Bonchev–Trinajstić information content (AvgIpc) is 3.64. The van der Waals surface area contributed by atoms with Crippen molar-refractivity contribution in [3.8, 4) is 22.9 Å². The Morgan fingerprint density at radius 1 is 0.881 bits per heavy atom. The van der Waals surface area contributed by atoms with Crippen LogP contribution in [0.5, 0.6) is 11.5 Å². The molecule has 4 aromatic rings. The number of benzene rings is 1. The van der Waals surface area contributed by atoms with E-state index in [-0.39, 0.29) is 11.8 Å². The van der Waals surface area contributed by atoms with Gasteiger partial charge in [0.1, 0.15) is 28.5 Å². The quantitative estimate of drug-likeness (QED) is 0.311. The molecule has 0 aliphatic carbocycles. The second-order valence-corrected chi connectivity index (χ2v) is 10.6. The number of nitrogens with one attached hydrogen (secondary N) is 1. The van der Waals surface area contributed by atoms with Crippen LogP contribution in [0, 0.1) is 0 Å². The van der Waals surface area contributed by atoms with E-state index in [2.05, 4.69) is 33.1 Å². The average molecular weight is 571 g/mol. The lowest BCUT2D eigenvalue weighted by atomic mass is 10.1. The summed E-state index contributed by atoms with van der Waals surface area (Å²) < 4.78 is 5.93. The first-order chi connectivity index (χ1) is 20.2. The van der Waals surface area contributed by atoms with Gasteiger partial charge in [-0.2, -0.15) is 0 Å². The zero-order valence-corrected chi connectivity index (χ0v) is 24.5. The van der Waals surface area contributed by atoms with E-state index in [1.807, 2.05) is 29.2 Å². The summed E-state index contributed by atoms with van der Waals surface area (Å²) in [6.45, 7) is 14.5. The number of aromatic nitrogens is 4. The summed E-state index contributed by atoms with van der Waals surface area (Å²) in [5, 5.41) is 11.0. The minimum Gasteiger partial charge on any atom is -0.456 e. The van der Waals surface area contributed by atoms with Gasteiger partial charge in [-0.25, -0.2) is 4.98 Å². The van der Waals surface area contributed by atoms with Crippen molar-refractivity contribution in [3.05, 3.63) is 79.5 Å². The fraction of sp³-hybridized carbons (Fsp3) is 0.344. The van der Waals surface area contributed by atoms with Gasteiger partial charge in [-0.05, 0) is 69.5 Å². The highest BCUT2D eigenvalue weighted by Gasteiger charge is 2.22. The number of hydrogen-bond donors (Lipinski definition) is 2. The number of H-pyrrole nitrogens is 1. The number of likely N-dealkylation sites (tertiary alicyclic amines) is 2. The number of carbonyl (C=O) groups is 2. The predicted molar refractivity (Wildman–Crippen MR) is 162 cm³/mol. The van der Waals surface area contributed by atoms with Crippen molar-refractivity contribution < 1.29 is 19.4 Å². The largest absolute Gasteiger partial charge is 0.456 e. The van der Waals surface area contributed by atoms with E-state index < -0.39 is 5.60 Å². The van der Waals surface area contributed by atoms with E-state index in [1.54, 1.807) is 56.4 Å². The SMILES string of the molecule is C=C.CC(=O)N1CCCC1.CC(C)(O)c1cnc(-c2cc3cc(Oc4ccc(C(=O)N5CCC5)nc4)ccc3[nH]2)cn1. The summed E-state index contributed by atoms with van der Waals surface area (Å²) in [4.78, 5) is 42.8.